The molecule has 1 fully saturated rings. The molecule has 1 heterocycles. The lowest BCUT2D eigenvalue weighted by molar-refractivity contribution is -0.138. The van der Waals surface area contributed by atoms with Gasteiger partial charge in [0.25, 0.3) is 0 Å². The van der Waals surface area contributed by atoms with E-state index in [2.05, 4.69) is 22.5 Å². The first-order chi connectivity index (χ1) is 8.52. The van der Waals surface area contributed by atoms with Gasteiger partial charge in [0.15, 0.2) is 0 Å². The van der Waals surface area contributed by atoms with Crippen molar-refractivity contribution >= 4 is 12.0 Å². The fraction of sp³-hybridized carbons (Fsp3) is 0.818. The van der Waals surface area contributed by atoms with E-state index in [1.165, 1.54) is 6.92 Å². The van der Waals surface area contributed by atoms with E-state index in [1.54, 1.807) is 0 Å². The summed E-state index contributed by atoms with van der Waals surface area (Å²) in [7, 11) is 0. The summed E-state index contributed by atoms with van der Waals surface area (Å²) >= 11 is 0. The van der Waals surface area contributed by atoms with Crippen LogP contribution in [-0.4, -0.2) is 66.9 Å². The molecule has 0 aromatic carbocycles. The molecule has 18 heavy (non-hydrogen) atoms. The van der Waals surface area contributed by atoms with Crippen LogP contribution in [0, 0.1) is 0 Å². The summed E-state index contributed by atoms with van der Waals surface area (Å²) in [5.41, 5.74) is 0. The molecule has 2 amide bonds. The summed E-state index contributed by atoms with van der Waals surface area (Å²) in [6.45, 7) is 7.19. The Labute approximate surface area is 106 Å². The third-order valence-corrected chi connectivity index (χ3v) is 2.88. The molecule has 0 aromatic rings. The molecule has 0 radical (unpaired) electrons. The predicted molar refractivity (Wildman–Crippen MR) is 65.5 cm³/mol. The van der Waals surface area contributed by atoms with Crippen molar-refractivity contribution in [3.05, 3.63) is 0 Å². The highest BCUT2D eigenvalue weighted by Crippen LogP contribution is 2.03. The number of morpholine rings is 1. The molecule has 3 N–H and O–H groups in total. The van der Waals surface area contributed by atoms with Gasteiger partial charge in [-0.15, -0.1) is 0 Å². The van der Waals surface area contributed by atoms with E-state index in [9.17, 15) is 9.59 Å². The van der Waals surface area contributed by atoms with E-state index < -0.39 is 18.0 Å². The van der Waals surface area contributed by atoms with Crippen LogP contribution in [0.15, 0.2) is 0 Å². The second-order valence-corrected chi connectivity index (χ2v) is 4.30. The number of carbonyl (C=O) groups is 2. The van der Waals surface area contributed by atoms with Crippen molar-refractivity contribution in [3.8, 4) is 0 Å². The number of likely N-dealkylation sites (N-methyl/N-ethyl adjacent to an activating group) is 1. The number of amides is 2. The second kappa shape index (κ2) is 7.17. The fourth-order valence-corrected chi connectivity index (χ4v) is 1.71. The molecule has 1 saturated heterocycles. The SMILES string of the molecule is CCN1CCOC(CNC(=O)N[C@@H](C)C(=O)O)C1. The lowest BCUT2D eigenvalue weighted by atomic mass is 10.2. The highest BCUT2D eigenvalue weighted by molar-refractivity contribution is 5.82. The number of hydrogen-bond acceptors (Lipinski definition) is 4. The number of ether oxygens (including phenoxy) is 1. The Bertz CT molecular complexity index is 298. The molecule has 1 aliphatic rings. The van der Waals surface area contributed by atoms with Crippen molar-refractivity contribution in [2.75, 3.05) is 32.8 Å². The average molecular weight is 259 g/mol. The number of aliphatic carboxylic acids is 1. The topological polar surface area (TPSA) is 90.9 Å². The molecule has 7 heteroatoms. The van der Waals surface area contributed by atoms with Crippen LogP contribution in [0.25, 0.3) is 0 Å². The maximum absolute atomic E-state index is 11.4. The van der Waals surface area contributed by atoms with Crippen molar-refractivity contribution in [1.82, 2.24) is 15.5 Å². The number of hydrogen-bond donors (Lipinski definition) is 3. The highest BCUT2D eigenvalue weighted by Gasteiger charge is 2.20. The predicted octanol–water partition coefficient (Wildman–Crippen LogP) is -0.521. The highest BCUT2D eigenvalue weighted by atomic mass is 16.5. The number of carboxylic acids is 1. The smallest absolute Gasteiger partial charge is 0.325 e. The average Bonchev–Trinajstić information content (AvgIpc) is 2.36. The van der Waals surface area contributed by atoms with Crippen molar-refractivity contribution in [2.24, 2.45) is 0 Å². The van der Waals surface area contributed by atoms with E-state index in [-0.39, 0.29) is 6.10 Å². The minimum atomic E-state index is -1.06. The Balaban J connectivity index is 2.23. The first-order valence-electron chi connectivity index (χ1n) is 6.14. The first kappa shape index (κ1) is 14.7. The van der Waals surface area contributed by atoms with Gasteiger partial charge >= 0.3 is 12.0 Å². The minimum absolute atomic E-state index is 0.0374. The van der Waals surface area contributed by atoms with Gasteiger partial charge in [0.1, 0.15) is 6.04 Å². The lowest BCUT2D eigenvalue weighted by Crippen LogP contribution is -2.50. The molecule has 0 spiro atoms. The summed E-state index contributed by atoms with van der Waals surface area (Å²) in [5.74, 6) is -1.06. The number of nitrogens with one attached hydrogen (secondary N) is 2. The van der Waals surface area contributed by atoms with E-state index in [0.717, 1.165) is 19.6 Å². The Morgan fingerprint density at radius 2 is 2.28 bits per heavy atom. The maximum atomic E-state index is 11.4. The van der Waals surface area contributed by atoms with E-state index in [1.807, 2.05) is 0 Å². The molecule has 104 valence electrons. The Kier molecular flexibility index (Phi) is 5.87. The minimum Gasteiger partial charge on any atom is -0.480 e. The van der Waals surface area contributed by atoms with Gasteiger partial charge in [0.2, 0.25) is 0 Å². The quantitative estimate of drug-likeness (QED) is 0.618. The molecule has 0 aliphatic carbocycles. The molecule has 1 unspecified atom stereocenters. The van der Waals surface area contributed by atoms with Gasteiger partial charge < -0.3 is 20.5 Å². The monoisotopic (exact) mass is 259 g/mol. The molecule has 7 nitrogen and oxygen atoms in total. The standard InChI is InChI=1S/C11H21N3O4/c1-3-14-4-5-18-9(7-14)6-12-11(17)13-8(2)10(15)16/h8-9H,3-7H2,1-2H3,(H,15,16)(H2,12,13,17)/t8-,9?/m0/s1. The molecule has 0 saturated carbocycles. The summed E-state index contributed by atoms with van der Waals surface area (Å²) in [6, 6.07) is -1.38. The molecular weight excluding hydrogens is 238 g/mol. The summed E-state index contributed by atoms with van der Waals surface area (Å²) < 4.78 is 5.51. The van der Waals surface area contributed by atoms with Crippen LogP contribution in [0.2, 0.25) is 0 Å². The molecule has 1 aliphatic heterocycles. The number of carboxylic acid groups (broad SMARTS) is 1. The third kappa shape index (κ3) is 4.89. The maximum Gasteiger partial charge on any atom is 0.325 e. The van der Waals surface area contributed by atoms with Gasteiger partial charge in [-0.25, -0.2) is 4.79 Å². The van der Waals surface area contributed by atoms with Crippen LogP contribution in [0.1, 0.15) is 13.8 Å². The summed E-state index contributed by atoms with van der Waals surface area (Å²) in [5, 5.41) is 13.6. The summed E-state index contributed by atoms with van der Waals surface area (Å²) in [4.78, 5) is 24.2. The molecule has 0 aromatic heterocycles. The van der Waals surface area contributed by atoms with E-state index in [0.29, 0.717) is 13.2 Å². The van der Waals surface area contributed by atoms with Crippen molar-refractivity contribution in [1.29, 1.82) is 0 Å². The normalized spacial score (nSPS) is 22.2. The van der Waals surface area contributed by atoms with Crippen LogP contribution < -0.4 is 10.6 Å². The van der Waals surface area contributed by atoms with Crippen molar-refractivity contribution < 1.29 is 19.4 Å². The van der Waals surface area contributed by atoms with Gasteiger partial charge in [-0.05, 0) is 13.5 Å². The van der Waals surface area contributed by atoms with Crippen LogP contribution in [-0.2, 0) is 9.53 Å². The van der Waals surface area contributed by atoms with Crippen molar-refractivity contribution in [2.45, 2.75) is 26.0 Å². The summed E-state index contributed by atoms with van der Waals surface area (Å²) in [6.07, 6.45) is -0.0374. The van der Waals surface area contributed by atoms with Gasteiger partial charge in [-0.3, -0.25) is 9.69 Å². The fourth-order valence-electron chi connectivity index (χ4n) is 1.71. The molecule has 2 atom stereocenters. The van der Waals surface area contributed by atoms with E-state index in [4.69, 9.17) is 9.84 Å². The molecular formula is C11H21N3O4. The Morgan fingerprint density at radius 3 is 2.89 bits per heavy atom. The zero-order valence-electron chi connectivity index (χ0n) is 10.8. The Hall–Kier alpha value is -1.34. The van der Waals surface area contributed by atoms with Gasteiger partial charge in [-0.1, -0.05) is 6.92 Å². The zero-order valence-corrected chi connectivity index (χ0v) is 10.8. The number of carbonyl (C=O) groups excluding carboxylic acids is 1. The number of rotatable bonds is 5. The number of nitrogens with zero attached hydrogens (tertiary/aromatic N) is 1. The first-order valence-corrected chi connectivity index (χ1v) is 6.14. The molecule has 1 rings (SSSR count). The van der Waals surface area contributed by atoms with Gasteiger partial charge in [0.05, 0.1) is 12.7 Å². The second-order valence-electron chi connectivity index (χ2n) is 4.30. The van der Waals surface area contributed by atoms with Gasteiger partial charge in [-0.2, -0.15) is 0 Å². The lowest BCUT2D eigenvalue weighted by Gasteiger charge is -2.32. The van der Waals surface area contributed by atoms with Crippen molar-refractivity contribution in [3.63, 3.8) is 0 Å². The largest absolute Gasteiger partial charge is 0.480 e. The molecule has 0 bridgehead atoms. The number of urea groups is 1. The van der Waals surface area contributed by atoms with E-state index >= 15 is 0 Å². The zero-order chi connectivity index (χ0) is 13.5. The Morgan fingerprint density at radius 1 is 1.56 bits per heavy atom. The van der Waals surface area contributed by atoms with Crippen LogP contribution in [0.4, 0.5) is 4.79 Å². The third-order valence-electron chi connectivity index (χ3n) is 2.88. The van der Waals surface area contributed by atoms with Crippen LogP contribution >= 0.6 is 0 Å². The van der Waals surface area contributed by atoms with Gasteiger partial charge in [0, 0.05) is 19.6 Å². The van der Waals surface area contributed by atoms with Crippen LogP contribution in [0.3, 0.4) is 0 Å². The van der Waals surface area contributed by atoms with Crippen LogP contribution in [0.5, 0.6) is 0 Å².